The van der Waals surface area contributed by atoms with E-state index in [0.717, 1.165) is 22.6 Å². The van der Waals surface area contributed by atoms with Crippen LogP contribution in [-0.4, -0.2) is 36.1 Å². The number of hydrogen-bond acceptors (Lipinski definition) is 4. The molecule has 170 valence electrons. The van der Waals surface area contributed by atoms with Gasteiger partial charge < -0.3 is 14.5 Å². The largest absolute Gasteiger partial charge is 0.497 e. The fraction of sp³-hybridized carbons (Fsp3) is 0.462. The lowest BCUT2D eigenvalue weighted by Crippen LogP contribution is -2.51. The second-order valence-corrected chi connectivity index (χ2v) is 11.1. The maximum absolute atomic E-state index is 14.0. The van der Waals surface area contributed by atoms with Gasteiger partial charge in [0.1, 0.15) is 5.75 Å². The van der Waals surface area contributed by atoms with Gasteiger partial charge in [-0.25, -0.2) is 0 Å². The molecule has 0 N–H and O–H groups in total. The summed E-state index contributed by atoms with van der Waals surface area (Å²) in [7, 11) is 1.62. The molecule has 0 bridgehead atoms. The van der Waals surface area contributed by atoms with E-state index in [2.05, 4.69) is 45.0 Å². The van der Waals surface area contributed by atoms with E-state index in [1.54, 1.807) is 23.8 Å². The zero-order valence-corrected chi connectivity index (χ0v) is 20.6. The monoisotopic (exact) mass is 452 g/mol. The predicted octanol–water partition coefficient (Wildman–Crippen LogP) is 4.92. The highest BCUT2D eigenvalue weighted by atomic mass is 32.2. The minimum Gasteiger partial charge on any atom is -0.497 e. The molecule has 32 heavy (non-hydrogen) atoms. The molecule has 0 aliphatic carbocycles. The molecular weight excluding hydrogens is 420 g/mol. The maximum Gasteiger partial charge on any atom is 0.268 e. The lowest BCUT2D eigenvalue weighted by atomic mass is 9.87. The van der Waals surface area contributed by atoms with Gasteiger partial charge in [-0.3, -0.25) is 9.59 Å². The molecule has 2 amide bonds. The quantitative estimate of drug-likeness (QED) is 0.660. The topological polar surface area (TPSA) is 49.9 Å². The Kier molecular flexibility index (Phi) is 5.78. The Morgan fingerprint density at radius 1 is 1.16 bits per heavy atom. The van der Waals surface area contributed by atoms with Crippen molar-refractivity contribution in [1.29, 1.82) is 0 Å². The van der Waals surface area contributed by atoms with Crippen LogP contribution >= 0.6 is 11.8 Å². The summed E-state index contributed by atoms with van der Waals surface area (Å²) in [6, 6.07) is 14.2. The first-order valence-electron chi connectivity index (χ1n) is 11.1. The number of thioether (sulfide) groups is 1. The van der Waals surface area contributed by atoms with Crippen LogP contribution in [0.1, 0.15) is 51.3 Å². The second kappa shape index (κ2) is 8.14. The van der Waals surface area contributed by atoms with Gasteiger partial charge >= 0.3 is 0 Å². The average Bonchev–Trinajstić information content (AvgIpc) is 3.29. The first-order chi connectivity index (χ1) is 15.1. The molecule has 0 aromatic heterocycles. The van der Waals surface area contributed by atoms with Gasteiger partial charge in [-0.1, -0.05) is 58.9 Å². The Morgan fingerprint density at radius 3 is 2.44 bits per heavy atom. The SMILES string of the molecule is COc1ccc2c(c1)C1(SCCN1C(=O)C(C)C)C(=O)N2Cc1ccc(C(C)(C)C)cc1. The minimum absolute atomic E-state index is 0.00787. The van der Waals surface area contributed by atoms with Crippen molar-refractivity contribution >= 4 is 29.3 Å². The van der Waals surface area contributed by atoms with Crippen LogP contribution in [0.5, 0.6) is 5.75 Å². The summed E-state index contributed by atoms with van der Waals surface area (Å²) in [5, 5.41) is 0. The molecular formula is C26H32N2O3S. The van der Waals surface area contributed by atoms with E-state index in [9.17, 15) is 9.59 Å². The first-order valence-corrected chi connectivity index (χ1v) is 12.1. The number of hydrogen-bond donors (Lipinski definition) is 0. The summed E-state index contributed by atoms with van der Waals surface area (Å²) in [6.45, 7) is 11.4. The Labute approximate surface area is 195 Å². The van der Waals surface area contributed by atoms with E-state index in [1.165, 1.54) is 5.56 Å². The van der Waals surface area contributed by atoms with Gasteiger partial charge in [0.05, 0.1) is 19.3 Å². The van der Waals surface area contributed by atoms with Gasteiger partial charge in [-0.05, 0) is 34.7 Å². The van der Waals surface area contributed by atoms with Gasteiger partial charge in [0.15, 0.2) is 4.87 Å². The lowest BCUT2D eigenvalue weighted by Gasteiger charge is -2.34. The third kappa shape index (κ3) is 3.58. The van der Waals surface area contributed by atoms with Crippen LogP contribution in [-0.2, 0) is 26.4 Å². The summed E-state index contributed by atoms with van der Waals surface area (Å²) in [5.74, 6) is 1.21. The molecule has 1 fully saturated rings. The van der Waals surface area contributed by atoms with Crippen molar-refractivity contribution in [3.63, 3.8) is 0 Å². The molecule has 6 heteroatoms. The van der Waals surface area contributed by atoms with E-state index in [1.807, 2.05) is 36.9 Å². The van der Waals surface area contributed by atoms with Crippen molar-refractivity contribution in [2.45, 2.75) is 51.4 Å². The molecule has 2 aromatic rings. The molecule has 0 radical (unpaired) electrons. The van der Waals surface area contributed by atoms with E-state index in [0.29, 0.717) is 18.8 Å². The number of carbonyl (C=O) groups excluding carboxylic acids is 2. The maximum atomic E-state index is 14.0. The number of methoxy groups -OCH3 is 1. The Balaban J connectivity index is 1.76. The van der Waals surface area contributed by atoms with Gasteiger partial charge in [-0.15, -0.1) is 11.8 Å². The second-order valence-electron chi connectivity index (χ2n) is 9.86. The summed E-state index contributed by atoms with van der Waals surface area (Å²) in [6.07, 6.45) is 0. The van der Waals surface area contributed by atoms with E-state index in [-0.39, 0.29) is 23.1 Å². The Hall–Kier alpha value is -2.47. The lowest BCUT2D eigenvalue weighted by molar-refractivity contribution is -0.142. The molecule has 1 saturated heterocycles. The zero-order valence-electron chi connectivity index (χ0n) is 19.8. The van der Waals surface area contributed by atoms with E-state index >= 15 is 0 Å². The third-order valence-electron chi connectivity index (χ3n) is 6.32. The van der Waals surface area contributed by atoms with Gasteiger partial charge in [0, 0.05) is 23.8 Å². The standard InChI is InChI=1S/C26H32N2O3S/c1-17(2)23(29)28-13-14-32-26(28)21-15-20(31-6)11-12-22(21)27(24(26)30)16-18-7-9-19(10-8-18)25(3,4)5/h7-12,15,17H,13-14,16H2,1-6H3. The number of fused-ring (bicyclic) bond motifs is 2. The molecule has 1 unspecified atom stereocenters. The molecule has 5 nitrogen and oxygen atoms in total. The van der Waals surface area contributed by atoms with E-state index in [4.69, 9.17) is 4.74 Å². The van der Waals surface area contributed by atoms with Crippen molar-refractivity contribution in [3.8, 4) is 5.75 Å². The van der Waals surface area contributed by atoms with Crippen molar-refractivity contribution < 1.29 is 14.3 Å². The number of amides is 2. The van der Waals surface area contributed by atoms with Crippen molar-refractivity contribution in [2.75, 3.05) is 24.3 Å². The van der Waals surface area contributed by atoms with Crippen LogP contribution in [0.2, 0.25) is 0 Å². The molecule has 1 atom stereocenters. The number of ether oxygens (including phenoxy) is 1. The Bertz CT molecular complexity index is 1040. The normalized spacial score (nSPS) is 20.4. The van der Waals surface area contributed by atoms with Crippen LogP contribution in [0.3, 0.4) is 0 Å². The summed E-state index contributed by atoms with van der Waals surface area (Å²) in [4.78, 5) is 29.7. The highest BCUT2D eigenvalue weighted by molar-refractivity contribution is 8.01. The fourth-order valence-electron chi connectivity index (χ4n) is 4.50. The molecule has 2 heterocycles. The first kappa shape index (κ1) is 22.7. The number of nitrogens with zero attached hydrogens (tertiary/aromatic N) is 2. The van der Waals surface area contributed by atoms with Gasteiger partial charge in [-0.2, -0.15) is 0 Å². The number of anilines is 1. The minimum atomic E-state index is -1.02. The number of carbonyl (C=O) groups is 2. The molecule has 2 aliphatic heterocycles. The van der Waals surface area contributed by atoms with Crippen LogP contribution in [0, 0.1) is 5.92 Å². The zero-order chi connectivity index (χ0) is 23.3. The summed E-state index contributed by atoms with van der Waals surface area (Å²) < 4.78 is 5.48. The Morgan fingerprint density at radius 2 is 1.84 bits per heavy atom. The smallest absolute Gasteiger partial charge is 0.268 e. The predicted molar refractivity (Wildman–Crippen MR) is 130 cm³/mol. The molecule has 2 aliphatic rings. The van der Waals surface area contributed by atoms with Gasteiger partial charge in [0.2, 0.25) is 5.91 Å². The molecule has 2 aromatic carbocycles. The molecule has 0 saturated carbocycles. The van der Waals surface area contributed by atoms with Crippen LogP contribution < -0.4 is 9.64 Å². The van der Waals surface area contributed by atoms with Crippen molar-refractivity contribution in [3.05, 3.63) is 59.2 Å². The number of benzene rings is 2. The summed E-state index contributed by atoms with van der Waals surface area (Å²) >= 11 is 1.55. The van der Waals surface area contributed by atoms with Crippen LogP contribution in [0.25, 0.3) is 0 Å². The summed E-state index contributed by atoms with van der Waals surface area (Å²) in [5.41, 5.74) is 4.11. The van der Waals surface area contributed by atoms with Crippen molar-refractivity contribution in [2.24, 2.45) is 5.92 Å². The highest BCUT2D eigenvalue weighted by Crippen LogP contribution is 2.55. The molecule has 1 spiro atoms. The molecule has 4 rings (SSSR count). The van der Waals surface area contributed by atoms with Gasteiger partial charge in [0.25, 0.3) is 5.91 Å². The fourth-order valence-corrected chi connectivity index (χ4v) is 5.96. The average molecular weight is 453 g/mol. The highest BCUT2D eigenvalue weighted by Gasteiger charge is 2.59. The van der Waals surface area contributed by atoms with Crippen LogP contribution in [0.15, 0.2) is 42.5 Å². The van der Waals surface area contributed by atoms with Crippen LogP contribution in [0.4, 0.5) is 5.69 Å². The third-order valence-corrected chi connectivity index (χ3v) is 7.74. The number of rotatable bonds is 4. The van der Waals surface area contributed by atoms with E-state index < -0.39 is 4.87 Å². The van der Waals surface area contributed by atoms with Crippen molar-refractivity contribution in [1.82, 2.24) is 4.90 Å².